The molecule has 0 aromatic heterocycles. The maximum Gasteiger partial charge on any atom is 0.255 e. The molecule has 0 bridgehead atoms. The van der Waals surface area contributed by atoms with E-state index in [0.717, 1.165) is 46.8 Å². The second-order valence-corrected chi connectivity index (χ2v) is 11.9. The topological polar surface area (TPSA) is 68.7 Å². The Labute approximate surface area is 251 Å². The highest BCUT2D eigenvalue weighted by Gasteiger charge is 2.71. The number of anilines is 3. The summed E-state index contributed by atoms with van der Waals surface area (Å²) in [4.78, 5) is 18.5. The first-order valence-electron chi connectivity index (χ1n) is 14.9. The average Bonchev–Trinajstić information content (AvgIpc) is 3.50. The van der Waals surface area contributed by atoms with Crippen LogP contribution in [0.25, 0.3) is 0 Å². The highest BCUT2D eigenvalue weighted by atomic mass is 19.1. The number of likely N-dealkylation sites (tertiary alicyclic amines) is 1. The number of carbonyl (C=O) groups is 1. The maximum absolute atomic E-state index is 14.2. The molecule has 3 fully saturated rings. The molecule has 0 radical (unpaired) electrons. The van der Waals surface area contributed by atoms with Crippen LogP contribution in [0.2, 0.25) is 0 Å². The van der Waals surface area contributed by atoms with Crippen molar-refractivity contribution in [2.75, 3.05) is 49.6 Å². The highest BCUT2D eigenvalue weighted by molar-refractivity contribution is 6.00. The Hall–Kier alpha value is -4.49. The first-order valence-corrected chi connectivity index (χ1v) is 14.9. The van der Waals surface area contributed by atoms with Crippen molar-refractivity contribution in [1.82, 2.24) is 4.90 Å². The van der Waals surface area contributed by atoms with Gasteiger partial charge in [0.1, 0.15) is 5.82 Å². The molecule has 2 saturated heterocycles. The van der Waals surface area contributed by atoms with Gasteiger partial charge in [0.25, 0.3) is 5.91 Å². The quantitative estimate of drug-likeness (QED) is 0.247. The molecule has 6 nitrogen and oxygen atoms in total. The number of ether oxygens (including phenoxy) is 1. The lowest BCUT2D eigenvalue weighted by Gasteiger charge is -2.32. The van der Waals surface area contributed by atoms with Gasteiger partial charge in [-0.25, -0.2) is 4.39 Å². The standard InChI is InChI=1S/C36H35FN4O2/c1-24-19-32(39-28-13-11-27(37)12-14-28)26(21-38)20-30(24)36-23-41(22-31(36)34(36)25-7-3-2-4-8-25)35(42)29-9-5-6-10-33(29)40-15-17-43-18-16-40/h2-14,19-21,31,34,38-39H,15-18,22-23H2,1H3/t31-,34-,36+/m1/s1. The van der Waals surface area contributed by atoms with E-state index in [9.17, 15) is 9.18 Å². The number of para-hydroxylation sites is 1. The number of morpholine rings is 1. The van der Waals surface area contributed by atoms with Gasteiger partial charge in [0.15, 0.2) is 0 Å². The fourth-order valence-corrected chi connectivity index (χ4v) is 7.46. The number of hydrogen-bond donors (Lipinski definition) is 2. The third-order valence-electron chi connectivity index (χ3n) is 9.49. The van der Waals surface area contributed by atoms with Gasteiger partial charge >= 0.3 is 0 Å². The van der Waals surface area contributed by atoms with Crippen LogP contribution in [-0.4, -0.2) is 56.4 Å². The number of benzene rings is 4. The number of piperidine rings is 1. The lowest BCUT2D eigenvalue weighted by molar-refractivity contribution is 0.0768. The summed E-state index contributed by atoms with van der Waals surface area (Å²) < 4.78 is 19.1. The molecule has 3 aliphatic rings. The summed E-state index contributed by atoms with van der Waals surface area (Å²) in [7, 11) is 0. The second-order valence-electron chi connectivity index (χ2n) is 11.9. The van der Waals surface area contributed by atoms with E-state index >= 15 is 0 Å². The normalized spacial score (nSPS) is 22.7. The molecule has 2 N–H and O–H groups in total. The number of hydrogen-bond acceptors (Lipinski definition) is 5. The van der Waals surface area contributed by atoms with Crippen molar-refractivity contribution in [3.63, 3.8) is 0 Å². The molecule has 2 heterocycles. The highest BCUT2D eigenvalue weighted by Crippen LogP contribution is 2.70. The Morgan fingerprint density at radius 2 is 1.72 bits per heavy atom. The lowest BCUT2D eigenvalue weighted by Crippen LogP contribution is -2.39. The molecule has 4 aromatic rings. The van der Waals surface area contributed by atoms with Gasteiger partial charge in [-0.1, -0.05) is 42.5 Å². The Morgan fingerprint density at radius 3 is 2.47 bits per heavy atom. The van der Waals surface area contributed by atoms with Crippen LogP contribution in [0.15, 0.2) is 91.0 Å². The molecule has 3 atom stereocenters. The number of nitrogens with one attached hydrogen (secondary N) is 2. The van der Waals surface area contributed by atoms with Crippen LogP contribution in [-0.2, 0) is 10.2 Å². The Balaban J connectivity index is 1.24. The number of nitrogens with zero attached hydrogens (tertiary/aromatic N) is 2. The van der Waals surface area contributed by atoms with E-state index in [0.29, 0.717) is 32.2 Å². The van der Waals surface area contributed by atoms with Crippen molar-refractivity contribution >= 4 is 29.2 Å². The Kier molecular flexibility index (Phi) is 6.98. The SMILES string of the molecule is Cc1cc(Nc2ccc(F)cc2)c(C=N)cc1[C@@]12CN(C(=O)c3ccccc3N3CCOCC3)C[C@@H]1[C@H]2c1ccccc1. The molecule has 0 unspecified atom stereocenters. The molecule has 4 aromatic carbocycles. The van der Waals surface area contributed by atoms with Gasteiger partial charge in [0, 0.05) is 66.4 Å². The average molecular weight is 575 g/mol. The van der Waals surface area contributed by atoms with E-state index in [1.54, 1.807) is 12.1 Å². The van der Waals surface area contributed by atoms with Crippen molar-refractivity contribution in [3.05, 3.63) is 125 Å². The van der Waals surface area contributed by atoms with Gasteiger partial charge in [-0.2, -0.15) is 0 Å². The van der Waals surface area contributed by atoms with Gasteiger partial charge in [-0.15, -0.1) is 0 Å². The zero-order chi connectivity index (χ0) is 29.6. The Bertz CT molecular complexity index is 1670. The van der Waals surface area contributed by atoms with E-state index in [1.165, 1.54) is 29.5 Å². The fraction of sp³-hybridized carbons (Fsp3) is 0.278. The van der Waals surface area contributed by atoms with E-state index < -0.39 is 0 Å². The van der Waals surface area contributed by atoms with Crippen molar-refractivity contribution in [2.45, 2.75) is 18.3 Å². The minimum Gasteiger partial charge on any atom is -0.378 e. The van der Waals surface area contributed by atoms with Crippen molar-refractivity contribution < 1.29 is 13.9 Å². The minimum atomic E-state index is -0.289. The monoisotopic (exact) mass is 574 g/mol. The summed E-state index contributed by atoms with van der Waals surface area (Å²) in [5.41, 5.74) is 7.40. The summed E-state index contributed by atoms with van der Waals surface area (Å²) in [6.07, 6.45) is 1.37. The molecule has 1 amide bonds. The smallest absolute Gasteiger partial charge is 0.255 e. The molecule has 7 heteroatoms. The number of halogens is 1. The van der Waals surface area contributed by atoms with E-state index in [2.05, 4.69) is 53.5 Å². The summed E-state index contributed by atoms with van der Waals surface area (Å²) >= 11 is 0. The largest absolute Gasteiger partial charge is 0.378 e. The minimum absolute atomic E-state index is 0.0694. The number of rotatable bonds is 7. The zero-order valence-electron chi connectivity index (χ0n) is 24.2. The van der Waals surface area contributed by atoms with Crippen LogP contribution in [0.1, 0.15) is 38.5 Å². The number of fused-ring (bicyclic) bond motifs is 1. The van der Waals surface area contributed by atoms with Gasteiger partial charge in [0.2, 0.25) is 0 Å². The molecule has 1 aliphatic carbocycles. The van der Waals surface area contributed by atoms with E-state index in [4.69, 9.17) is 10.1 Å². The molecule has 2 aliphatic heterocycles. The van der Waals surface area contributed by atoms with E-state index in [1.807, 2.05) is 35.2 Å². The summed E-state index contributed by atoms with van der Waals surface area (Å²) in [6.45, 7) is 6.30. The zero-order valence-corrected chi connectivity index (χ0v) is 24.2. The summed E-state index contributed by atoms with van der Waals surface area (Å²) in [5.74, 6) is 0.353. The van der Waals surface area contributed by atoms with Crippen molar-refractivity contribution in [1.29, 1.82) is 5.41 Å². The fourth-order valence-electron chi connectivity index (χ4n) is 7.46. The van der Waals surface area contributed by atoms with Gasteiger partial charge in [-0.05, 0) is 78.1 Å². The van der Waals surface area contributed by atoms with Crippen LogP contribution in [0.5, 0.6) is 0 Å². The third-order valence-corrected chi connectivity index (χ3v) is 9.49. The van der Waals surface area contributed by atoms with Gasteiger partial charge in [-0.3, -0.25) is 4.79 Å². The predicted molar refractivity (Wildman–Crippen MR) is 168 cm³/mol. The summed E-state index contributed by atoms with van der Waals surface area (Å²) in [6, 6.07) is 29.0. The summed E-state index contributed by atoms with van der Waals surface area (Å²) in [5, 5.41) is 11.6. The van der Waals surface area contributed by atoms with Gasteiger partial charge < -0.3 is 25.3 Å². The van der Waals surface area contributed by atoms with Crippen LogP contribution >= 0.6 is 0 Å². The number of aryl methyl sites for hydroxylation is 1. The lowest BCUT2D eigenvalue weighted by atomic mass is 9.85. The molecule has 218 valence electrons. The first-order chi connectivity index (χ1) is 21.0. The second kappa shape index (κ2) is 11.0. The first kappa shape index (κ1) is 27.3. The van der Waals surface area contributed by atoms with Crippen LogP contribution < -0.4 is 10.2 Å². The van der Waals surface area contributed by atoms with Crippen molar-refractivity contribution in [2.24, 2.45) is 5.92 Å². The van der Waals surface area contributed by atoms with Crippen LogP contribution in [0.3, 0.4) is 0 Å². The van der Waals surface area contributed by atoms with Crippen LogP contribution in [0.4, 0.5) is 21.5 Å². The molecular weight excluding hydrogens is 539 g/mol. The number of carbonyl (C=O) groups excluding carboxylic acids is 1. The third kappa shape index (κ3) is 4.78. The molecular formula is C36H35FN4O2. The van der Waals surface area contributed by atoms with Gasteiger partial charge in [0.05, 0.1) is 18.8 Å². The predicted octanol–water partition coefficient (Wildman–Crippen LogP) is 6.52. The molecule has 0 spiro atoms. The van der Waals surface area contributed by atoms with Crippen LogP contribution in [0, 0.1) is 24.1 Å². The van der Waals surface area contributed by atoms with E-state index in [-0.39, 0.29) is 23.1 Å². The van der Waals surface area contributed by atoms with Crippen molar-refractivity contribution in [3.8, 4) is 0 Å². The molecule has 43 heavy (non-hydrogen) atoms. The molecule has 1 saturated carbocycles. The number of amides is 1. The Morgan fingerprint density at radius 1 is 1.00 bits per heavy atom. The molecule has 7 rings (SSSR count). The maximum atomic E-state index is 14.2.